The van der Waals surface area contributed by atoms with E-state index >= 15 is 0 Å². The van der Waals surface area contributed by atoms with Gasteiger partial charge in [0.05, 0.1) is 10.2 Å². The highest BCUT2D eigenvalue weighted by molar-refractivity contribution is 9.10. The molecule has 13 heavy (non-hydrogen) atoms. The number of aromatic nitrogens is 2. The van der Waals surface area contributed by atoms with E-state index in [0.717, 1.165) is 16.7 Å². The van der Waals surface area contributed by atoms with Crippen molar-refractivity contribution >= 4 is 15.9 Å². The molecule has 0 saturated heterocycles. The van der Waals surface area contributed by atoms with Crippen molar-refractivity contribution < 1.29 is 0 Å². The highest BCUT2D eigenvalue weighted by atomic mass is 79.9. The standard InChI is InChI=1S/C10H17BrN2/c1-5-7(2)6-13-9(4)10(11)8(3)12-13/h7H,5-6H2,1-4H3. The molecule has 1 rings (SSSR count). The van der Waals surface area contributed by atoms with Crippen LogP contribution < -0.4 is 0 Å². The lowest BCUT2D eigenvalue weighted by Gasteiger charge is -2.09. The molecule has 0 aliphatic carbocycles. The lowest BCUT2D eigenvalue weighted by Crippen LogP contribution is -2.09. The van der Waals surface area contributed by atoms with Crippen LogP contribution in [-0.2, 0) is 6.54 Å². The largest absolute Gasteiger partial charge is 0.268 e. The Kier molecular flexibility index (Phi) is 3.54. The zero-order chi connectivity index (χ0) is 10.0. The highest BCUT2D eigenvalue weighted by Gasteiger charge is 2.09. The number of nitrogens with zero attached hydrogens (tertiary/aromatic N) is 2. The number of hydrogen-bond acceptors (Lipinski definition) is 1. The van der Waals surface area contributed by atoms with Crippen LogP contribution in [0, 0.1) is 19.8 Å². The molecule has 0 N–H and O–H groups in total. The zero-order valence-electron chi connectivity index (χ0n) is 8.76. The Hall–Kier alpha value is -0.310. The van der Waals surface area contributed by atoms with Crippen LogP contribution in [0.1, 0.15) is 31.7 Å². The van der Waals surface area contributed by atoms with E-state index in [1.807, 2.05) is 6.92 Å². The average molecular weight is 245 g/mol. The van der Waals surface area contributed by atoms with Gasteiger partial charge in [-0.25, -0.2) is 0 Å². The van der Waals surface area contributed by atoms with Gasteiger partial charge in [0, 0.05) is 12.2 Å². The van der Waals surface area contributed by atoms with Crippen molar-refractivity contribution in [3.8, 4) is 0 Å². The van der Waals surface area contributed by atoms with Crippen molar-refractivity contribution in [3.63, 3.8) is 0 Å². The number of rotatable bonds is 3. The molecule has 0 fully saturated rings. The predicted molar refractivity (Wildman–Crippen MR) is 58.9 cm³/mol. The van der Waals surface area contributed by atoms with Crippen molar-refractivity contribution in [1.29, 1.82) is 0 Å². The first-order valence-corrected chi connectivity index (χ1v) is 5.55. The molecular formula is C10H17BrN2. The van der Waals surface area contributed by atoms with Gasteiger partial charge in [0.1, 0.15) is 0 Å². The minimum atomic E-state index is 0.699. The van der Waals surface area contributed by atoms with Crippen LogP contribution in [0.2, 0.25) is 0 Å². The van der Waals surface area contributed by atoms with Crippen LogP contribution in [0.5, 0.6) is 0 Å². The molecule has 1 aromatic heterocycles. The molecule has 0 radical (unpaired) electrons. The van der Waals surface area contributed by atoms with E-state index in [2.05, 4.69) is 46.5 Å². The Morgan fingerprint density at radius 1 is 1.46 bits per heavy atom. The van der Waals surface area contributed by atoms with Crippen molar-refractivity contribution in [2.45, 2.75) is 40.7 Å². The minimum absolute atomic E-state index is 0.699. The Balaban J connectivity index is 2.83. The van der Waals surface area contributed by atoms with Crippen molar-refractivity contribution in [1.82, 2.24) is 9.78 Å². The van der Waals surface area contributed by atoms with Crippen LogP contribution in [-0.4, -0.2) is 9.78 Å². The monoisotopic (exact) mass is 244 g/mol. The van der Waals surface area contributed by atoms with Gasteiger partial charge in [-0.05, 0) is 35.7 Å². The summed E-state index contributed by atoms with van der Waals surface area (Å²) in [7, 11) is 0. The molecule has 74 valence electrons. The smallest absolute Gasteiger partial charge is 0.0738 e. The normalized spacial score (nSPS) is 13.3. The summed E-state index contributed by atoms with van der Waals surface area (Å²) in [6, 6.07) is 0. The second-order valence-corrected chi connectivity index (χ2v) is 4.47. The van der Waals surface area contributed by atoms with Crippen LogP contribution >= 0.6 is 15.9 Å². The quantitative estimate of drug-likeness (QED) is 0.798. The Labute approximate surface area is 88.5 Å². The second kappa shape index (κ2) is 4.27. The molecule has 1 atom stereocenters. The van der Waals surface area contributed by atoms with Crippen LogP contribution in [0.15, 0.2) is 4.47 Å². The lowest BCUT2D eigenvalue weighted by molar-refractivity contribution is 0.431. The predicted octanol–water partition coefficient (Wildman–Crippen LogP) is 3.31. The van der Waals surface area contributed by atoms with Gasteiger partial charge in [-0.2, -0.15) is 5.10 Å². The van der Waals surface area contributed by atoms with Crippen LogP contribution in [0.4, 0.5) is 0 Å². The summed E-state index contributed by atoms with van der Waals surface area (Å²) in [4.78, 5) is 0. The summed E-state index contributed by atoms with van der Waals surface area (Å²) in [5.74, 6) is 0.699. The molecular weight excluding hydrogens is 228 g/mol. The first-order valence-electron chi connectivity index (χ1n) is 4.75. The molecule has 1 aromatic rings. The van der Waals surface area contributed by atoms with Crippen molar-refractivity contribution in [2.75, 3.05) is 0 Å². The fourth-order valence-electron chi connectivity index (χ4n) is 1.28. The summed E-state index contributed by atoms with van der Waals surface area (Å²) in [6.07, 6.45) is 1.20. The fourth-order valence-corrected chi connectivity index (χ4v) is 1.56. The molecule has 0 aliphatic heterocycles. The SMILES string of the molecule is CCC(C)Cn1nc(C)c(Br)c1C. The summed E-state index contributed by atoms with van der Waals surface area (Å²) in [5, 5.41) is 4.47. The number of halogens is 1. The molecule has 0 amide bonds. The molecule has 0 aromatic carbocycles. The summed E-state index contributed by atoms with van der Waals surface area (Å²) < 4.78 is 3.24. The third kappa shape index (κ3) is 2.33. The maximum Gasteiger partial charge on any atom is 0.0738 e. The van der Waals surface area contributed by atoms with Crippen LogP contribution in [0.25, 0.3) is 0 Å². The van der Waals surface area contributed by atoms with E-state index < -0.39 is 0 Å². The highest BCUT2D eigenvalue weighted by Crippen LogP contribution is 2.20. The first kappa shape index (κ1) is 10.8. The Bertz CT molecular complexity index is 291. The van der Waals surface area contributed by atoms with E-state index in [0.29, 0.717) is 5.92 Å². The van der Waals surface area contributed by atoms with Gasteiger partial charge in [0.25, 0.3) is 0 Å². The Morgan fingerprint density at radius 2 is 2.08 bits per heavy atom. The van der Waals surface area contributed by atoms with Gasteiger partial charge < -0.3 is 0 Å². The van der Waals surface area contributed by atoms with E-state index in [1.165, 1.54) is 12.1 Å². The summed E-state index contributed by atoms with van der Waals surface area (Å²) >= 11 is 3.53. The van der Waals surface area contributed by atoms with E-state index in [1.54, 1.807) is 0 Å². The molecule has 1 unspecified atom stereocenters. The van der Waals surface area contributed by atoms with Crippen molar-refractivity contribution in [3.05, 3.63) is 15.9 Å². The van der Waals surface area contributed by atoms with Gasteiger partial charge in [-0.15, -0.1) is 0 Å². The summed E-state index contributed by atoms with van der Waals surface area (Å²) in [6.45, 7) is 9.63. The van der Waals surface area contributed by atoms with Gasteiger partial charge in [-0.3, -0.25) is 4.68 Å². The molecule has 0 spiro atoms. The number of hydrogen-bond donors (Lipinski definition) is 0. The van der Waals surface area contributed by atoms with Gasteiger partial charge in [0.2, 0.25) is 0 Å². The fraction of sp³-hybridized carbons (Fsp3) is 0.700. The van der Waals surface area contributed by atoms with Crippen LogP contribution in [0.3, 0.4) is 0 Å². The van der Waals surface area contributed by atoms with Gasteiger partial charge in [0.15, 0.2) is 0 Å². The van der Waals surface area contributed by atoms with Gasteiger partial charge in [-0.1, -0.05) is 20.3 Å². The van der Waals surface area contributed by atoms with Gasteiger partial charge >= 0.3 is 0 Å². The summed E-state index contributed by atoms with van der Waals surface area (Å²) in [5.41, 5.74) is 2.32. The van der Waals surface area contributed by atoms with E-state index in [9.17, 15) is 0 Å². The molecule has 0 saturated carbocycles. The minimum Gasteiger partial charge on any atom is -0.268 e. The van der Waals surface area contributed by atoms with E-state index in [4.69, 9.17) is 0 Å². The third-order valence-electron chi connectivity index (χ3n) is 2.47. The van der Waals surface area contributed by atoms with Crippen molar-refractivity contribution in [2.24, 2.45) is 5.92 Å². The average Bonchev–Trinajstić information content (AvgIpc) is 2.34. The zero-order valence-corrected chi connectivity index (χ0v) is 10.3. The first-order chi connectivity index (χ1) is 6.06. The Morgan fingerprint density at radius 3 is 2.46 bits per heavy atom. The molecule has 1 heterocycles. The second-order valence-electron chi connectivity index (χ2n) is 3.68. The molecule has 0 bridgehead atoms. The maximum absolute atomic E-state index is 4.47. The molecule has 3 heteroatoms. The topological polar surface area (TPSA) is 17.8 Å². The maximum atomic E-state index is 4.47. The van der Waals surface area contributed by atoms with E-state index in [-0.39, 0.29) is 0 Å². The molecule has 2 nitrogen and oxygen atoms in total. The number of aryl methyl sites for hydroxylation is 1. The lowest BCUT2D eigenvalue weighted by atomic mass is 10.1. The molecule has 0 aliphatic rings. The third-order valence-corrected chi connectivity index (χ3v) is 3.62.